The number of nitrogens with one attached hydrogen (secondary N) is 1. The summed E-state index contributed by atoms with van der Waals surface area (Å²) in [5.74, 6) is -2.36. The van der Waals surface area contributed by atoms with Crippen LogP contribution in [0.25, 0.3) is 0 Å². The molecule has 0 spiro atoms. The van der Waals surface area contributed by atoms with Crippen LogP contribution in [-0.4, -0.2) is 38.3 Å². The maximum Gasteiger partial charge on any atom is 0.573 e. The van der Waals surface area contributed by atoms with E-state index in [2.05, 4.69) is 10.1 Å². The zero-order valence-corrected chi connectivity index (χ0v) is 17.0. The normalized spacial score (nSPS) is 12.9. The minimum absolute atomic E-state index is 0.0804. The number of rotatable bonds is 7. The Morgan fingerprint density at radius 1 is 1.23 bits per heavy atom. The van der Waals surface area contributed by atoms with Gasteiger partial charge in [0.2, 0.25) is 0 Å². The van der Waals surface area contributed by atoms with Crippen LogP contribution in [0.2, 0.25) is 0 Å². The minimum Gasteiger partial charge on any atom is -0.406 e. The van der Waals surface area contributed by atoms with E-state index >= 15 is 0 Å². The Morgan fingerprint density at radius 3 is 2.27 bits per heavy atom. The molecule has 0 aliphatic rings. The van der Waals surface area contributed by atoms with E-state index in [1.165, 1.54) is 13.8 Å². The Hall–Kier alpha value is -2.68. The van der Waals surface area contributed by atoms with E-state index in [1.54, 1.807) is 0 Å². The van der Waals surface area contributed by atoms with Crippen molar-refractivity contribution in [1.29, 1.82) is 0 Å². The van der Waals surface area contributed by atoms with Gasteiger partial charge in [0.1, 0.15) is 21.4 Å². The number of primary amides is 1. The molecule has 9 nitrogen and oxygen atoms in total. The SMILES string of the molecule is CC(C)(O)C(=O)Nc1sc(N(O)S(=O)c2ccc(OC(F)(F)F)cc2)cc1C(N)=O. The summed E-state index contributed by atoms with van der Waals surface area (Å²) < 4.78 is 53.1. The molecule has 1 aromatic carbocycles. The van der Waals surface area contributed by atoms with Crippen LogP contribution < -0.4 is 20.3 Å². The van der Waals surface area contributed by atoms with Gasteiger partial charge in [-0.1, -0.05) is 11.3 Å². The monoisotopic (exact) mass is 467 g/mol. The second kappa shape index (κ2) is 8.59. The highest BCUT2D eigenvalue weighted by Gasteiger charge is 2.31. The molecule has 2 rings (SSSR count). The first-order valence-electron chi connectivity index (χ1n) is 7.93. The Bertz CT molecular complexity index is 970. The first kappa shape index (κ1) is 23.6. The number of benzene rings is 1. The summed E-state index contributed by atoms with van der Waals surface area (Å²) in [6.45, 7) is 2.42. The van der Waals surface area contributed by atoms with Crippen molar-refractivity contribution >= 4 is 44.1 Å². The van der Waals surface area contributed by atoms with Gasteiger partial charge in [-0.2, -0.15) is 4.47 Å². The highest BCUT2D eigenvalue weighted by atomic mass is 32.2. The Balaban J connectivity index is 2.26. The average molecular weight is 467 g/mol. The number of anilines is 2. The molecule has 1 atom stereocenters. The average Bonchev–Trinajstić information content (AvgIpc) is 3.03. The van der Waals surface area contributed by atoms with Crippen molar-refractivity contribution in [3.63, 3.8) is 0 Å². The molecule has 5 N–H and O–H groups in total. The zero-order chi connectivity index (χ0) is 22.9. The summed E-state index contributed by atoms with van der Waals surface area (Å²) in [6.07, 6.45) is -4.89. The van der Waals surface area contributed by atoms with Crippen molar-refractivity contribution in [2.45, 2.75) is 30.7 Å². The fraction of sp³-hybridized carbons (Fsp3) is 0.250. The van der Waals surface area contributed by atoms with Gasteiger partial charge in [-0.05, 0) is 44.2 Å². The van der Waals surface area contributed by atoms with Gasteiger partial charge in [0.15, 0.2) is 11.0 Å². The summed E-state index contributed by atoms with van der Waals surface area (Å²) in [5.41, 5.74) is 3.25. The number of carbonyl (C=O) groups is 2. The molecule has 0 fully saturated rings. The smallest absolute Gasteiger partial charge is 0.406 e. The third-order valence-corrected chi connectivity index (χ3v) is 5.70. The van der Waals surface area contributed by atoms with Crippen LogP contribution in [0.3, 0.4) is 0 Å². The number of thiophene rings is 1. The molecular formula is C16H16F3N3O6S2. The second-order valence-corrected chi connectivity index (χ2v) is 8.59. The van der Waals surface area contributed by atoms with Crippen molar-refractivity contribution in [2.24, 2.45) is 5.73 Å². The van der Waals surface area contributed by atoms with E-state index in [0.29, 0.717) is 11.3 Å². The summed E-state index contributed by atoms with van der Waals surface area (Å²) >= 11 is 0.640. The number of hydrogen-bond acceptors (Lipinski definition) is 7. The number of amides is 2. The van der Waals surface area contributed by atoms with Crippen LogP contribution in [0.4, 0.5) is 23.2 Å². The van der Waals surface area contributed by atoms with Crippen molar-refractivity contribution in [1.82, 2.24) is 0 Å². The zero-order valence-electron chi connectivity index (χ0n) is 15.4. The summed E-state index contributed by atoms with van der Waals surface area (Å²) in [6, 6.07) is 4.96. The molecule has 0 bridgehead atoms. The number of aliphatic hydroxyl groups is 1. The van der Waals surface area contributed by atoms with Gasteiger partial charge < -0.3 is 20.9 Å². The van der Waals surface area contributed by atoms with Gasteiger partial charge in [0.25, 0.3) is 11.8 Å². The Kier molecular flexibility index (Phi) is 6.76. The topological polar surface area (TPSA) is 142 Å². The highest BCUT2D eigenvalue weighted by Crippen LogP contribution is 2.36. The third kappa shape index (κ3) is 5.91. The van der Waals surface area contributed by atoms with Crippen molar-refractivity contribution in [2.75, 3.05) is 9.79 Å². The molecule has 2 amide bonds. The maximum atomic E-state index is 12.5. The number of ether oxygens (including phenoxy) is 1. The van der Waals surface area contributed by atoms with E-state index in [1.807, 2.05) is 0 Å². The maximum absolute atomic E-state index is 12.5. The highest BCUT2D eigenvalue weighted by molar-refractivity contribution is 7.86. The summed E-state index contributed by atoms with van der Waals surface area (Å²) in [5, 5.41) is 22.0. The molecule has 30 heavy (non-hydrogen) atoms. The lowest BCUT2D eigenvalue weighted by molar-refractivity contribution is -0.274. The van der Waals surface area contributed by atoms with Crippen molar-refractivity contribution < 1.29 is 42.0 Å². The van der Waals surface area contributed by atoms with Crippen LogP contribution in [0.15, 0.2) is 35.2 Å². The second-order valence-electron chi connectivity index (χ2n) is 6.25. The first-order valence-corrected chi connectivity index (χ1v) is 9.85. The van der Waals surface area contributed by atoms with Crippen molar-refractivity contribution in [3.8, 4) is 5.75 Å². The predicted octanol–water partition coefficient (Wildman–Crippen LogP) is 2.37. The van der Waals surface area contributed by atoms with Crippen LogP contribution in [0, 0.1) is 0 Å². The summed E-state index contributed by atoms with van der Waals surface area (Å²) in [7, 11) is -2.30. The molecule has 0 aliphatic carbocycles. The Morgan fingerprint density at radius 2 is 1.80 bits per heavy atom. The van der Waals surface area contributed by atoms with E-state index in [0.717, 1.165) is 30.3 Å². The predicted molar refractivity (Wildman–Crippen MR) is 102 cm³/mol. The van der Waals surface area contributed by atoms with E-state index < -0.39 is 40.5 Å². The van der Waals surface area contributed by atoms with Gasteiger partial charge in [-0.15, -0.1) is 13.2 Å². The standard InChI is InChI=1S/C16H16F3N3O6S2/c1-15(2,25)14(24)21-13-10(12(20)23)7-11(29-13)22(26)30(27)9-5-3-8(4-6-9)28-16(17,18)19/h3-7,25-26H,1-2H3,(H2,20,23)(H,21,24). The number of hydrogen-bond donors (Lipinski definition) is 4. The number of nitrogens with zero attached hydrogens (tertiary/aromatic N) is 1. The molecule has 2 aromatic rings. The third-order valence-electron chi connectivity index (χ3n) is 3.37. The molecule has 0 radical (unpaired) electrons. The van der Waals surface area contributed by atoms with Crippen LogP contribution >= 0.6 is 11.3 Å². The Labute approximate surface area is 174 Å². The van der Waals surface area contributed by atoms with Crippen LogP contribution in [-0.2, 0) is 15.8 Å². The van der Waals surface area contributed by atoms with Gasteiger partial charge >= 0.3 is 6.36 Å². The lowest BCUT2D eigenvalue weighted by Gasteiger charge is -2.16. The number of carbonyl (C=O) groups excluding carboxylic acids is 2. The number of nitrogens with two attached hydrogens (primary N) is 1. The molecule has 1 heterocycles. The fourth-order valence-corrected chi connectivity index (χ4v) is 3.92. The molecule has 0 saturated heterocycles. The van der Waals surface area contributed by atoms with Gasteiger partial charge in [0.05, 0.1) is 10.5 Å². The molecule has 164 valence electrons. The van der Waals surface area contributed by atoms with Gasteiger partial charge in [0, 0.05) is 0 Å². The molecule has 1 aromatic heterocycles. The van der Waals surface area contributed by atoms with Crippen molar-refractivity contribution in [3.05, 3.63) is 35.9 Å². The fourth-order valence-electron chi connectivity index (χ4n) is 1.94. The van der Waals surface area contributed by atoms with E-state index in [-0.39, 0.29) is 24.9 Å². The minimum atomic E-state index is -4.89. The molecule has 14 heteroatoms. The molecule has 1 unspecified atom stereocenters. The molecule has 0 aliphatic heterocycles. The van der Waals surface area contributed by atoms with E-state index in [9.17, 15) is 37.3 Å². The summed E-state index contributed by atoms with van der Waals surface area (Å²) in [4.78, 5) is 23.5. The lowest BCUT2D eigenvalue weighted by Crippen LogP contribution is -2.36. The number of alkyl halides is 3. The molecule has 0 saturated carbocycles. The molecular weight excluding hydrogens is 451 g/mol. The lowest BCUT2D eigenvalue weighted by atomic mass is 10.1. The van der Waals surface area contributed by atoms with Gasteiger partial charge in [-0.3, -0.25) is 14.8 Å². The largest absolute Gasteiger partial charge is 0.573 e. The van der Waals surface area contributed by atoms with Crippen LogP contribution in [0.1, 0.15) is 24.2 Å². The van der Waals surface area contributed by atoms with E-state index in [4.69, 9.17) is 5.73 Å². The number of halogens is 3. The van der Waals surface area contributed by atoms with Crippen LogP contribution in [0.5, 0.6) is 5.75 Å². The quantitative estimate of drug-likeness (QED) is 0.461. The first-order chi connectivity index (χ1) is 13.7. The van der Waals surface area contributed by atoms with Gasteiger partial charge in [-0.25, -0.2) is 4.21 Å².